The van der Waals surface area contributed by atoms with E-state index in [9.17, 15) is 0 Å². The number of hydrogen-bond donors (Lipinski definition) is 0. The predicted octanol–water partition coefficient (Wildman–Crippen LogP) is 4.51. The van der Waals surface area contributed by atoms with Crippen molar-refractivity contribution in [1.29, 1.82) is 0 Å². The molecule has 2 aromatic carbocycles. The van der Waals surface area contributed by atoms with Crippen LogP contribution >= 0.6 is 0 Å². The van der Waals surface area contributed by atoms with Gasteiger partial charge >= 0.3 is 0 Å². The summed E-state index contributed by atoms with van der Waals surface area (Å²) >= 11 is 0. The van der Waals surface area contributed by atoms with Crippen LogP contribution in [0, 0.1) is 0 Å². The van der Waals surface area contributed by atoms with Gasteiger partial charge in [0.2, 0.25) is 0 Å². The van der Waals surface area contributed by atoms with Gasteiger partial charge in [-0.2, -0.15) is 0 Å². The van der Waals surface area contributed by atoms with Crippen LogP contribution in [0.1, 0.15) is 29.5 Å². The lowest BCUT2D eigenvalue weighted by atomic mass is 10.1. The molecule has 0 spiro atoms. The van der Waals surface area contributed by atoms with Crippen LogP contribution in [0.4, 0.5) is 0 Å². The minimum Gasteiger partial charge on any atom is -0.253 e. The van der Waals surface area contributed by atoms with Gasteiger partial charge in [-0.3, -0.25) is 4.98 Å². The van der Waals surface area contributed by atoms with Gasteiger partial charge in [-0.1, -0.05) is 54.6 Å². The zero-order valence-corrected chi connectivity index (χ0v) is 10.7. The van der Waals surface area contributed by atoms with Crippen LogP contribution in [0.3, 0.4) is 0 Å². The van der Waals surface area contributed by atoms with Crippen molar-refractivity contribution in [2.75, 3.05) is 0 Å². The van der Waals surface area contributed by atoms with Crippen LogP contribution < -0.4 is 0 Å². The van der Waals surface area contributed by atoms with E-state index in [1.54, 1.807) is 0 Å². The summed E-state index contributed by atoms with van der Waals surface area (Å²) in [6.07, 6.45) is 1.23. The molecule has 0 aliphatic heterocycles. The molecule has 0 saturated heterocycles. The number of para-hydroxylation sites is 1. The van der Waals surface area contributed by atoms with Crippen molar-refractivity contribution in [2.24, 2.45) is 0 Å². The molecular weight excluding hydrogens is 230 g/mol. The Bertz CT molecular complexity index is 718. The molecule has 1 nitrogen and oxygen atoms in total. The molecule has 0 bridgehead atoms. The molecular formula is C18H15N. The molecule has 1 heterocycles. The summed E-state index contributed by atoms with van der Waals surface area (Å²) in [6, 6.07) is 23.5. The van der Waals surface area contributed by atoms with Crippen LogP contribution in [0.2, 0.25) is 0 Å². The standard InChI is InChI=1S/C18H15N/c1-2-6-13(7-3-1)15-12-16(15)18-11-10-14-8-4-5-9-17(14)19-18/h1-11,15-16H,12H2/t15-,16+/m0/s1. The van der Waals surface area contributed by atoms with Crippen LogP contribution in [0.5, 0.6) is 0 Å². The number of hydrogen-bond acceptors (Lipinski definition) is 1. The highest BCUT2D eigenvalue weighted by Gasteiger charge is 2.40. The van der Waals surface area contributed by atoms with Crippen LogP contribution in [-0.4, -0.2) is 4.98 Å². The first-order chi connectivity index (χ1) is 9.42. The highest BCUT2D eigenvalue weighted by molar-refractivity contribution is 5.78. The van der Waals surface area contributed by atoms with E-state index < -0.39 is 0 Å². The minimum absolute atomic E-state index is 0.604. The second kappa shape index (κ2) is 4.20. The van der Waals surface area contributed by atoms with E-state index in [1.165, 1.54) is 23.1 Å². The second-order valence-corrected chi connectivity index (χ2v) is 5.29. The lowest BCUT2D eigenvalue weighted by Crippen LogP contribution is -1.89. The molecule has 0 amide bonds. The molecule has 92 valence electrons. The fraction of sp³-hybridized carbons (Fsp3) is 0.167. The monoisotopic (exact) mass is 245 g/mol. The first kappa shape index (κ1) is 10.7. The summed E-state index contributed by atoms with van der Waals surface area (Å²) in [7, 11) is 0. The van der Waals surface area contributed by atoms with Crippen molar-refractivity contribution in [2.45, 2.75) is 18.3 Å². The van der Waals surface area contributed by atoms with Crippen LogP contribution in [0.25, 0.3) is 10.9 Å². The Morgan fingerprint density at radius 1 is 0.737 bits per heavy atom. The number of aromatic nitrogens is 1. The lowest BCUT2D eigenvalue weighted by Gasteiger charge is -2.03. The zero-order valence-electron chi connectivity index (χ0n) is 10.7. The molecule has 1 heteroatoms. The van der Waals surface area contributed by atoms with Crippen molar-refractivity contribution < 1.29 is 0 Å². The van der Waals surface area contributed by atoms with E-state index in [0.29, 0.717) is 11.8 Å². The predicted molar refractivity (Wildman–Crippen MR) is 78.3 cm³/mol. The summed E-state index contributed by atoms with van der Waals surface area (Å²) in [4.78, 5) is 4.81. The van der Waals surface area contributed by atoms with Gasteiger partial charge in [-0.15, -0.1) is 0 Å². The van der Waals surface area contributed by atoms with E-state index in [2.05, 4.69) is 66.7 Å². The zero-order chi connectivity index (χ0) is 12.7. The average Bonchev–Trinajstić information content (AvgIpc) is 3.28. The summed E-state index contributed by atoms with van der Waals surface area (Å²) in [6.45, 7) is 0. The smallest absolute Gasteiger partial charge is 0.0705 e. The highest BCUT2D eigenvalue weighted by atomic mass is 14.7. The van der Waals surface area contributed by atoms with Crippen molar-refractivity contribution in [1.82, 2.24) is 4.98 Å². The third-order valence-corrected chi connectivity index (χ3v) is 4.02. The number of rotatable bonds is 2. The molecule has 1 fully saturated rings. The van der Waals surface area contributed by atoms with E-state index in [-0.39, 0.29) is 0 Å². The molecule has 0 N–H and O–H groups in total. The molecule has 19 heavy (non-hydrogen) atoms. The topological polar surface area (TPSA) is 12.9 Å². The normalized spacial score (nSPS) is 21.5. The van der Waals surface area contributed by atoms with Gasteiger partial charge in [0.05, 0.1) is 5.52 Å². The van der Waals surface area contributed by atoms with E-state index in [4.69, 9.17) is 4.98 Å². The maximum atomic E-state index is 4.81. The van der Waals surface area contributed by atoms with Gasteiger partial charge in [-0.05, 0) is 30.0 Å². The fourth-order valence-corrected chi connectivity index (χ4v) is 2.88. The molecule has 2 atom stereocenters. The Morgan fingerprint density at radius 2 is 1.53 bits per heavy atom. The molecule has 4 rings (SSSR count). The Morgan fingerprint density at radius 3 is 2.42 bits per heavy atom. The van der Waals surface area contributed by atoms with E-state index in [1.807, 2.05) is 0 Å². The van der Waals surface area contributed by atoms with Crippen molar-refractivity contribution in [3.63, 3.8) is 0 Å². The van der Waals surface area contributed by atoms with Gasteiger partial charge in [0, 0.05) is 17.0 Å². The van der Waals surface area contributed by atoms with Crippen molar-refractivity contribution in [3.8, 4) is 0 Å². The van der Waals surface area contributed by atoms with Crippen molar-refractivity contribution >= 4 is 10.9 Å². The van der Waals surface area contributed by atoms with Gasteiger partial charge in [0.15, 0.2) is 0 Å². The molecule has 3 aromatic rings. The maximum absolute atomic E-state index is 4.81. The molecule has 0 unspecified atom stereocenters. The van der Waals surface area contributed by atoms with Gasteiger partial charge < -0.3 is 0 Å². The van der Waals surface area contributed by atoms with Gasteiger partial charge in [-0.25, -0.2) is 0 Å². The lowest BCUT2D eigenvalue weighted by molar-refractivity contribution is 0.979. The van der Waals surface area contributed by atoms with Crippen LogP contribution in [0.15, 0.2) is 66.7 Å². The number of nitrogens with zero attached hydrogens (tertiary/aromatic N) is 1. The minimum atomic E-state index is 0.604. The van der Waals surface area contributed by atoms with E-state index >= 15 is 0 Å². The Balaban J connectivity index is 1.66. The summed E-state index contributed by atoms with van der Waals surface area (Å²) in [5.74, 6) is 1.27. The third kappa shape index (κ3) is 1.91. The number of benzene rings is 2. The summed E-state index contributed by atoms with van der Waals surface area (Å²) < 4.78 is 0. The maximum Gasteiger partial charge on any atom is 0.0705 e. The first-order valence-electron chi connectivity index (χ1n) is 6.82. The SMILES string of the molecule is c1ccc([C@@H]2C[C@H]2c2ccc3ccccc3n2)cc1. The first-order valence-corrected chi connectivity index (χ1v) is 6.82. The Hall–Kier alpha value is -2.15. The fourth-order valence-electron chi connectivity index (χ4n) is 2.88. The third-order valence-electron chi connectivity index (χ3n) is 4.02. The molecule has 1 aliphatic carbocycles. The number of pyridine rings is 1. The number of fused-ring (bicyclic) bond motifs is 1. The van der Waals surface area contributed by atoms with Crippen LogP contribution in [-0.2, 0) is 0 Å². The Labute approximate surface area is 112 Å². The Kier molecular flexibility index (Phi) is 2.37. The quantitative estimate of drug-likeness (QED) is 0.647. The second-order valence-electron chi connectivity index (χ2n) is 5.29. The molecule has 1 saturated carbocycles. The summed E-state index contributed by atoms with van der Waals surface area (Å²) in [5.41, 5.74) is 3.80. The molecule has 1 aromatic heterocycles. The van der Waals surface area contributed by atoms with Gasteiger partial charge in [0.25, 0.3) is 0 Å². The summed E-state index contributed by atoms with van der Waals surface area (Å²) in [5, 5.41) is 1.23. The largest absolute Gasteiger partial charge is 0.253 e. The molecule has 0 radical (unpaired) electrons. The highest BCUT2D eigenvalue weighted by Crippen LogP contribution is 2.54. The van der Waals surface area contributed by atoms with Crippen molar-refractivity contribution in [3.05, 3.63) is 78.0 Å². The average molecular weight is 245 g/mol. The molecule has 1 aliphatic rings. The van der Waals surface area contributed by atoms with E-state index in [0.717, 1.165) is 5.52 Å². The van der Waals surface area contributed by atoms with Gasteiger partial charge in [0.1, 0.15) is 0 Å².